The van der Waals surface area contributed by atoms with Crippen LogP contribution in [-0.2, 0) is 31.4 Å². The number of fused-ring (bicyclic) bond motifs is 1. The number of hydrogen-bond acceptors (Lipinski definition) is 5. The molecule has 1 aromatic carbocycles. The molecule has 0 saturated heterocycles. The van der Waals surface area contributed by atoms with Gasteiger partial charge >= 0.3 is 0 Å². The van der Waals surface area contributed by atoms with Crippen LogP contribution in [0.25, 0.3) is 11.1 Å². The summed E-state index contributed by atoms with van der Waals surface area (Å²) in [6.45, 7) is 4.23. The lowest BCUT2D eigenvalue weighted by Gasteiger charge is -2.26. The zero-order valence-corrected chi connectivity index (χ0v) is 16.2. The van der Waals surface area contributed by atoms with Crippen molar-refractivity contribution in [1.82, 2.24) is 24.5 Å². The molecule has 8 nitrogen and oxygen atoms in total. The Morgan fingerprint density at radius 2 is 2.04 bits per heavy atom. The van der Waals surface area contributed by atoms with E-state index >= 15 is 0 Å². The van der Waals surface area contributed by atoms with Crippen LogP contribution in [0.15, 0.2) is 36.7 Å². The highest BCUT2D eigenvalue weighted by Gasteiger charge is 2.25. The Labute approximate surface area is 163 Å². The smallest absolute Gasteiger partial charge is 0.219 e. The molecule has 4 rings (SSSR count). The maximum Gasteiger partial charge on any atom is 0.219 e. The SMILES string of the molecule is CC(=O)N1CCc2c(c(Nc3ccc(-c4cnn(CCN)c4)cc3)nn2C)C1. The van der Waals surface area contributed by atoms with Crippen molar-refractivity contribution in [3.05, 3.63) is 47.9 Å². The summed E-state index contributed by atoms with van der Waals surface area (Å²) < 4.78 is 3.76. The van der Waals surface area contributed by atoms with Gasteiger partial charge in [0.15, 0.2) is 5.82 Å². The van der Waals surface area contributed by atoms with E-state index in [1.54, 1.807) is 6.92 Å². The molecule has 0 atom stereocenters. The normalized spacial score (nSPS) is 13.5. The van der Waals surface area contributed by atoms with Crippen molar-refractivity contribution in [3.8, 4) is 11.1 Å². The van der Waals surface area contributed by atoms with Crippen molar-refractivity contribution >= 4 is 17.4 Å². The highest BCUT2D eigenvalue weighted by atomic mass is 16.2. The first kappa shape index (κ1) is 18.2. The number of hydrogen-bond donors (Lipinski definition) is 2. The number of carbonyl (C=O) groups is 1. The van der Waals surface area contributed by atoms with Crippen molar-refractivity contribution < 1.29 is 4.79 Å². The third-order valence-electron chi connectivity index (χ3n) is 5.16. The highest BCUT2D eigenvalue weighted by molar-refractivity contribution is 5.74. The zero-order chi connectivity index (χ0) is 19.7. The Morgan fingerprint density at radius 3 is 2.75 bits per heavy atom. The molecule has 0 bridgehead atoms. The van der Waals surface area contributed by atoms with Gasteiger partial charge in [0, 0.05) is 62.2 Å². The Morgan fingerprint density at radius 1 is 1.25 bits per heavy atom. The van der Waals surface area contributed by atoms with Gasteiger partial charge in [0.05, 0.1) is 19.3 Å². The first-order valence-electron chi connectivity index (χ1n) is 9.45. The molecule has 28 heavy (non-hydrogen) atoms. The van der Waals surface area contributed by atoms with E-state index in [9.17, 15) is 4.79 Å². The van der Waals surface area contributed by atoms with Crippen LogP contribution in [0.5, 0.6) is 0 Å². The number of nitrogens with two attached hydrogens (primary N) is 1. The molecule has 0 aliphatic carbocycles. The first-order valence-corrected chi connectivity index (χ1v) is 9.45. The number of amides is 1. The van der Waals surface area contributed by atoms with Crippen molar-refractivity contribution in [2.24, 2.45) is 12.8 Å². The predicted octanol–water partition coefficient (Wildman–Crippen LogP) is 1.89. The molecule has 1 amide bonds. The van der Waals surface area contributed by atoms with Gasteiger partial charge in [-0.2, -0.15) is 10.2 Å². The van der Waals surface area contributed by atoms with Crippen molar-refractivity contribution in [2.75, 3.05) is 18.4 Å². The van der Waals surface area contributed by atoms with Crippen LogP contribution in [0.4, 0.5) is 11.5 Å². The third kappa shape index (κ3) is 3.50. The summed E-state index contributed by atoms with van der Waals surface area (Å²) in [5.74, 6) is 0.909. The van der Waals surface area contributed by atoms with E-state index in [4.69, 9.17) is 5.73 Å². The van der Waals surface area contributed by atoms with Gasteiger partial charge in [-0.05, 0) is 17.7 Å². The van der Waals surface area contributed by atoms with Crippen LogP contribution >= 0.6 is 0 Å². The average molecular weight is 379 g/mol. The van der Waals surface area contributed by atoms with Gasteiger partial charge in [0.25, 0.3) is 0 Å². The van der Waals surface area contributed by atoms with Crippen molar-refractivity contribution in [2.45, 2.75) is 26.4 Å². The predicted molar refractivity (Wildman–Crippen MR) is 108 cm³/mol. The van der Waals surface area contributed by atoms with Gasteiger partial charge in [-0.25, -0.2) is 0 Å². The monoisotopic (exact) mass is 379 g/mol. The second kappa shape index (κ2) is 7.47. The molecule has 0 radical (unpaired) electrons. The molecule has 0 unspecified atom stereocenters. The maximum absolute atomic E-state index is 11.8. The lowest BCUT2D eigenvalue weighted by molar-refractivity contribution is -0.129. The van der Waals surface area contributed by atoms with Gasteiger partial charge in [0.2, 0.25) is 5.91 Å². The van der Waals surface area contributed by atoms with Crippen LogP contribution in [0.1, 0.15) is 18.2 Å². The summed E-state index contributed by atoms with van der Waals surface area (Å²) in [4.78, 5) is 13.6. The molecule has 3 N–H and O–H groups in total. The number of nitrogens with one attached hydrogen (secondary N) is 1. The fourth-order valence-corrected chi connectivity index (χ4v) is 3.61. The van der Waals surface area contributed by atoms with E-state index in [0.29, 0.717) is 19.6 Å². The summed E-state index contributed by atoms with van der Waals surface area (Å²) in [7, 11) is 1.95. The molecular weight excluding hydrogens is 354 g/mol. The molecule has 8 heteroatoms. The summed E-state index contributed by atoms with van der Waals surface area (Å²) in [5.41, 5.74) is 11.0. The van der Waals surface area contributed by atoms with Gasteiger partial charge in [0.1, 0.15) is 0 Å². The molecule has 0 spiro atoms. The Hall–Kier alpha value is -3.13. The van der Waals surface area contributed by atoms with E-state index in [1.807, 2.05) is 45.8 Å². The molecule has 0 saturated carbocycles. The first-order chi connectivity index (χ1) is 13.5. The number of aromatic nitrogens is 4. The summed E-state index contributed by atoms with van der Waals surface area (Å²) >= 11 is 0. The second-order valence-electron chi connectivity index (χ2n) is 7.07. The summed E-state index contributed by atoms with van der Waals surface area (Å²) in [6.07, 6.45) is 4.68. The summed E-state index contributed by atoms with van der Waals surface area (Å²) in [6, 6.07) is 8.18. The minimum Gasteiger partial charge on any atom is -0.338 e. The van der Waals surface area contributed by atoms with E-state index in [2.05, 4.69) is 27.6 Å². The van der Waals surface area contributed by atoms with Crippen LogP contribution in [0.3, 0.4) is 0 Å². The van der Waals surface area contributed by atoms with E-state index < -0.39 is 0 Å². The van der Waals surface area contributed by atoms with E-state index in [-0.39, 0.29) is 5.91 Å². The fourth-order valence-electron chi connectivity index (χ4n) is 3.61. The topological polar surface area (TPSA) is 94.0 Å². The average Bonchev–Trinajstić information content (AvgIpc) is 3.28. The van der Waals surface area contributed by atoms with Crippen LogP contribution < -0.4 is 11.1 Å². The number of benzene rings is 1. The molecule has 0 fully saturated rings. The number of carbonyl (C=O) groups excluding carboxylic acids is 1. The number of anilines is 2. The molecule has 2 aromatic heterocycles. The standard InChI is InChI=1S/C20H25N7O/c1-14(28)26-9-7-19-18(13-26)20(24-25(19)2)23-17-5-3-15(4-6-17)16-11-22-27(12-16)10-8-21/h3-6,11-12H,7-10,13,21H2,1-2H3,(H,23,24). The van der Waals surface area contributed by atoms with Gasteiger partial charge in [-0.1, -0.05) is 12.1 Å². The van der Waals surface area contributed by atoms with Crippen LogP contribution in [-0.4, -0.2) is 43.5 Å². The largest absolute Gasteiger partial charge is 0.338 e. The summed E-state index contributed by atoms with van der Waals surface area (Å²) in [5, 5.41) is 12.4. The lowest BCUT2D eigenvalue weighted by atomic mass is 10.1. The highest BCUT2D eigenvalue weighted by Crippen LogP contribution is 2.29. The number of rotatable bonds is 5. The molecular formula is C20H25N7O. The molecule has 3 aromatic rings. The fraction of sp³-hybridized carbons (Fsp3) is 0.350. The lowest BCUT2D eigenvalue weighted by Crippen LogP contribution is -2.34. The van der Waals surface area contributed by atoms with E-state index in [0.717, 1.165) is 41.2 Å². The Bertz CT molecular complexity index is 987. The second-order valence-corrected chi connectivity index (χ2v) is 7.07. The van der Waals surface area contributed by atoms with Crippen molar-refractivity contribution in [1.29, 1.82) is 0 Å². The van der Waals surface area contributed by atoms with Crippen molar-refractivity contribution in [3.63, 3.8) is 0 Å². The van der Waals surface area contributed by atoms with Gasteiger partial charge in [-0.15, -0.1) is 0 Å². The van der Waals surface area contributed by atoms with Gasteiger partial charge in [-0.3, -0.25) is 14.2 Å². The molecule has 3 heterocycles. The molecule has 146 valence electrons. The molecule has 1 aliphatic heterocycles. The van der Waals surface area contributed by atoms with Gasteiger partial charge < -0.3 is 16.0 Å². The number of nitrogens with zero attached hydrogens (tertiary/aromatic N) is 5. The van der Waals surface area contributed by atoms with E-state index in [1.165, 1.54) is 5.69 Å². The van der Waals surface area contributed by atoms with Crippen LogP contribution in [0, 0.1) is 0 Å². The Kier molecular flexibility index (Phi) is 4.87. The van der Waals surface area contributed by atoms with Crippen LogP contribution in [0.2, 0.25) is 0 Å². The maximum atomic E-state index is 11.8. The minimum atomic E-state index is 0.0972. The Balaban J connectivity index is 1.53. The molecule has 1 aliphatic rings. The minimum absolute atomic E-state index is 0.0972. The number of aryl methyl sites for hydroxylation is 1. The third-order valence-corrected chi connectivity index (χ3v) is 5.16. The quantitative estimate of drug-likeness (QED) is 0.706. The zero-order valence-electron chi connectivity index (χ0n) is 16.2.